The summed E-state index contributed by atoms with van der Waals surface area (Å²) >= 11 is 3.31. The van der Waals surface area contributed by atoms with Crippen molar-refractivity contribution in [3.05, 3.63) is 94.5 Å². The van der Waals surface area contributed by atoms with Gasteiger partial charge in [-0.2, -0.15) is 13.5 Å². The van der Waals surface area contributed by atoms with Crippen molar-refractivity contribution in [1.29, 1.82) is 0 Å². The van der Waals surface area contributed by atoms with E-state index in [2.05, 4.69) is 26.5 Å². The highest BCUT2D eigenvalue weighted by molar-refractivity contribution is 9.10. The molecule has 0 aromatic heterocycles. The molecule has 3 aromatic carbocycles. The van der Waals surface area contributed by atoms with Gasteiger partial charge in [0, 0.05) is 10.0 Å². The molecule has 0 bridgehead atoms. The molecule has 6 nitrogen and oxygen atoms in total. The van der Waals surface area contributed by atoms with Crippen LogP contribution in [0.25, 0.3) is 0 Å². The molecule has 0 saturated heterocycles. The number of carbonyl (C=O) groups excluding carboxylic acids is 1. The summed E-state index contributed by atoms with van der Waals surface area (Å²) in [5.41, 5.74) is 3.58. The van der Waals surface area contributed by atoms with Crippen molar-refractivity contribution in [1.82, 2.24) is 5.43 Å². The third-order valence-corrected chi connectivity index (χ3v) is 5.39. The Hall–Kier alpha value is -2.97. The minimum Gasteiger partial charge on any atom is -0.379 e. The normalized spacial score (nSPS) is 11.3. The lowest BCUT2D eigenvalue weighted by Gasteiger charge is -2.07. The van der Waals surface area contributed by atoms with Gasteiger partial charge in [0.2, 0.25) is 0 Å². The van der Waals surface area contributed by atoms with Crippen molar-refractivity contribution in [2.24, 2.45) is 5.10 Å². The average molecular weight is 459 g/mol. The smallest absolute Gasteiger partial charge is 0.339 e. The SMILES string of the molecule is O=C(NN=Cc1ccc(OS(=O)(=O)c2ccccc2)cc1)c1ccc(Br)cc1. The van der Waals surface area contributed by atoms with Gasteiger partial charge < -0.3 is 4.18 Å². The van der Waals surface area contributed by atoms with E-state index in [9.17, 15) is 13.2 Å². The summed E-state index contributed by atoms with van der Waals surface area (Å²) in [7, 11) is -3.88. The third kappa shape index (κ3) is 5.28. The van der Waals surface area contributed by atoms with Crippen molar-refractivity contribution in [3.63, 3.8) is 0 Å². The van der Waals surface area contributed by atoms with Gasteiger partial charge >= 0.3 is 10.1 Å². The highest BCUT2D eigenvalue weighted by Crippen LogP contribution is 2.18. The molecule has 0 aliphatic rings. The molecule has 0 saturated carbocycles. The Morgan fingerprint density at radius 1 is 0.929 bits per heavy atom. The predicted molar refractivity (Wildman–Crippen MR) is 110 cm³/mol. The number of halogens is 1. The number of amides is 1. The van der Waals surface area contributed by atoms with Crippen LogP contribution in [0.5, 0.6) is 5.75 Å². The molecule has 0 aliphatic heterocycles. The Bertz CT molecular complexity index is 1080. The van der Waals surface area contributed by atoms with Gasteiger partial charge in [-0.1, -0.05) is 34.1 Å². The van der Waals surface area contributed by atoms with E-state index >= 15 is 0 Å². The van der Waals surface area contributed by atoms with Crippen LogP contribution in [-0.4, -0.2) is 20.5 Å². The summed E-state index contributed by atoms with van der Waals surface area (Å²) in [5, 5.41) is 3.90. The van der Waals surface area contributed by atoms with Gasteiger partial charge in [0.1, 0.15) is 10.6 Å². The van der Waals surface area contributed by atoms with Crippen LogP contribution in [-0.2, 0) is 10.1 Å². The first-order valence-corrected chi connectivity index (χ1v) is 10.3. The van der Waals surface area contributed by atoms with Crippen LogP contribution in [0.2, 0.25) is 0 Å². The van der Waals surface area contributed by atoms with Crippen LogP contribution in [0.15, 0.2) is 93.3 Å². The molecular weight excluding hydrogens is 444 g/mol. The summed E-state index contributed by atoms with van der Waals surface area (Å²) in [6.45, 7) is 0. The van der Waals surface area contributed by atoms with E-state index in [1.165, 1.54) is 30.5 Å². The van der Waals surface area contributed by atoms with E-state index in [-0.39, 0.29) is 16.6 Å². The minimum atomic E-state index is -3.88. The van der Waals surface area contributed by atoms with E-state index < -0.39 is 10.1 Å². The van der Waals surface area contributed by atoms with E-state index in [1.807, 2.05) is 0 Å². The zero-order valence-corrected chi connectivity index (χ0v) is 16.9. The summed E-state index contributed by atoms with van der Waals surface area (Å²) in [4.78, 5) is 12.0. The van der Waals surface area contributed by atoms with Gasteiger partial charge in [0.05, 0.1) is 6.21 Å². The molecule has 0 aliphatic carbocycles. The first-order chi connectivity index (χ1) is 13.4. The van der Waals surface area contributed by atoms with Crippen molar-refractivity contribution >= 4 is 38.2 Å². The van der Waals surface area contributed by atoms with Crippen molar-refractivity contribution in [3.8, 4) is 5.75 Å². The van der Waals surface area contributed by atoms with Gasteiger partial charge in [-0.15, -0.1) is 0 Å². The Labute approximate surface area is 171 Å². The zero-order valence-electron chi connectivity index (χ0n) is 14.4. The fourth-order valence-corrected chi connectivity index (χ4v) is 3.42. The van der Waals surface area contributed by atoms with Gasteiger partial charge in [0.25, 0.3) is 5.91 Å². The average Bonchev–Trinajstić information content (AvgIpc) is 2.70. The van der Waals surface area contributed by atoms with E-state index in [1.54, 1.807) is 54.6 Å². The van der Waals surface area contributed by atoms with Gasteiger partial charge in [-0.25, -0.2) is 5.43 Å². The molecule has 0 radical (unpaired) electrons. The topological polar surface area (TPSA) is 84.8 Å². The number of benzene rings is 3. The van der Waals surface area contributed by atoms with Crippen molar-refractivity contribution in [2.75, 3.05) is 0 Å². The Kier molecular flexibility index (Phi) is 6.23. The molecule has 0 spiro atoms. The second-order valence-electron chi connectivity index (χ2n) is 5.63. The van der Waals surface area contributed by atoms with E-state index in [0.717, 1.165) is 4.47 Å². The lowest BCUT2D eigenvalue weighted by molar-refractivity contribution is 0.0955. The summed E-state index contributed by atoms with van der Waals surface area (Å²) in [6.07, 6.45) is 1.45. The van der Waals surface area contributed by atoms with Crippen LogP contribution in [0.4, 0.5) is 0 Å². The van der Waals surface area contributed by atoms with Crippen LogP contribution in [0.1, 0.15) is 15.9 Å². The standard InChI is InChI=1S/C20H15BrN2O4S/c21-17-10-8-16(9-11-17)20(24)23-22-14-15-6-12-18(13-7-15)27-28(25,26)19-4-2-1-3-5-19/h1-14H,(H,23,24). The van der Waals surface area contributed by atoms with Crippen LogP contribution in [0.3, 0.4) is 0 Å². The summed E-state index contributed by atoms with van der Waals surface area (Å²) in [5.74, 6) is -0.155. The molecule has 0 atom stereocenters. The molecular formula is C20H15BrN2O4S. The number of hydrazone groups is 1. The van der Waals surface area contributed by atoms with E-state index in [4.69, 9.17) is 4.18 Å². The van der Waals surface area contributed by atoms with Gasteiger partial charge in [-0.05, 0) is 66.2 Å². The highest BCUT2D eigenvalue weighted by Gasteiger charge is 2.15. The zero-order chi connectivity index (χ0) is 20.0. The third-order valence-electron chi connectivity index (χ3n) is 3.60. The molecule has 1 N–H and O–H groups in total. The lowest BCUT2D eigenvalue weighted by Crippen LogP contribution is -2.17. The van der Waals surface area contributed by atoms with Crippen LogP contribution >= 0.6 is 15.9 Å². The van der Waals surface area contributed by atoms with Gasteiger partial charge in [-0.3, -0.25) is 4.79 Å². The maximum absolute atomic E-state index is 12.2. The molecule has 1 amide bonds. The number of nitrogens with zero attached hydrogens (tertiary/aromatic N) is 1. The molecule has 0 heterocycles. The molecule has 3 aromatic rings. The number of carbonyl (C=O) groups is 1. The first kappa shape index (κ1) is 19.8. The lowest BCUT2D eigenvalue weighted by atomic mass is 10.2. The number of nitrogens with one attached hydrogen (secondary N) is 1. The number of hydrogen-bond donors (Lipinski definition) is 1. The molecule has 28 heavy (non-hydrogen) atoms. The summed E-state index contributed by atoms with van der Waals surface area (Å²) in [6, 6.07) is 21.1. The second kappa shape index (κ2) is 8.81. The van der Waals surface area contributed by atoms with Crippen LogP contribution < -0.4 is 9.61 Å². The molecule has 3 rings (SSSR count). The Balaban J connectivity index is 1.60. The highest BCUT2D eigenvalue weighted by atomic mass is 79.9. The van der Waals surface area contributed by atoms with Gasteiger partial charge in [0.15, 0.2) is 0 Å². The number of rotatable bonds is 6. The monoisotopic (exact) mass is 458 g/mol. The molecule has 0 unspecified atom stereocenters. The maximum atomic E-state index is 12.2. The molecule has 0 fully saturated rings. The molecule has 8 heteroatoms. The Morgan fingerprint density at radius 2 is 1.57 bits per heavy atom. The van der Waals surface area contributed by atoms with Crippen LogP contribution in [0, 0.1) is 0 Å². The number of hydrogen-bond acceptors (Lipinski definition) is 5. The minimum absolute atomic E-state index is 0.0799. The van der Waals surface area contributed by atoms with Crippen molar-refractivity contribution < 1.29 is 17.4 Å². The van der Waals surface area contributed by atoms with Crippen molar-refractivity contribution in [2.45, 2.75) is 4.90 Å². The summed E-state index contributed by atoms with van der Waals surface area (Å²) < 4.78 is 30.4. The first-order valence-electron chi connectivity index (χ1n) is 8.13. The fraction of sp³-hybridized carbons (Fsp3) is 0. The maximum Gasteiger partial charge on any atom is 0.339 e. The van der Waals surface area contributed by atoms with E-state index in [0.29, 0.717) is 11.1 Å². The quantitative estimate of drug-likeness (QED) is 0.343. The second-order valence-corrected chi connectivity index (χ2v) is 8.09. The predicted octanol–water partition coefficient (Wildman–Crippen LogP) is 3.98. The fourth-order valence-electron chi connectivity index (χ4n) is 2.20. The Morgan fingerprint density at radius 3 is 2.21 bits per heavy atom. The molecule has 142 valence electrons. The largest absolute Gasteiger partial charge is 0.379 e.